The maximum atomic E-state index is 5.49. The van der Waals surface area contributed by atoms with E-state index in [2.05, 4.69) is 24.5 Å². The average Bonchev–Trinajstić information content (AvgIpc) is 2.40. The maximum Gasteiger partial charge on any atom is 0.166 e. The van der Waals surface area contributed by atoms with Crippen LogP contribution >= 0.6 is 12.2 Å². The second-order valence-electron chi connectivity index (χ2n) is 7.64. The van der Waals surface area contributed by atoms with Crippen LogP contribution in [-0.2, 0) is 0 Å². The van der Waals surface area contributed by atoms with E-state index < -0.39 is 0 Å². The van der Waals surface area contributed by atoms with E-state index in [1.54, 1.807) is 0 Å². The van der Waals surface area contributed by atoms with E-state index in [9.17, 15) is 0 Å². The molecule has 2 nitrogen and oxygen atoms in total. The Kier molecular flexibility index (Phi) is 4.26. The Bertz CT molecular complexity index is 331. The van der Waals surface area contributed by atoms with Gasteiger partial charge in [-0.05, 0) is 86.8 Å². The third-order valence-corrected chi connectivity index (χ3v) is 6.34. The summed E-state index contributed by atoms with van der Waals surface area (Å²) < 4.78 is 0. The first kappa shape index (κ1) is 14.6. The Labute approximate surface area is 129 Å². The number of rotatable bonds is 5. The summed E-state index contributed by atoms with van der Waals surface area (Å²) in [6.07, 6.45) is 11.3. The minimum atomic E-state index is 0.557. The van der Waals surface area contributed by atoms with Crippen LogP contribution in [0.4, 0.5) is 0 Å². The van der Waals surface area contributed by atoms with Crippen molar-refractivity contribution in [1.29, 1.82) is 0 Å². The number of thiocarbonyl (C=S) groups is 1. The summed E-state index contributed by atoms with van der Waals surface area (Å²) in [5.41, 5.74) is 0.557. The summed E-state index contributed by atoms with van der Waals surface area (Å²) in [7, 11) is 0. The van der Waals surface area contributed by atoms with Gasteiger partial charge in [0.25, 0.3) is 0 Å². The quantitative estimate of drug-likeness (QED) is 0.753. The van der Waals surface area contributed by atoms with Gasteiger partial charge in [-0.1, -0.05) is 13.8 Å². The van der Waals surface area contributed by atoms with Crippen molar-refractivity contribution >= 4 is 17.3 Å². The average molecular weight is 295 g/mol. The molecule has 4 fully saturated rings. The molecule has 0 amide bonds. The van der Waals surface area contributed by atoms with Gasteiger partial charge in [0.15, 0.2) is 5.11 Å². The molecule has 4 bridgehead atoms. The van der Waals surface area contributed by atoms with Gasteiger partial charge < -0.3 is 10.6 Å². The monoisotopic (exact) mass is 294 g/mol. The van der Waals surface area contributed by atoms with E-state index in [1.165, 1.54) is 44.9 Å². The first-order chi connectivity index (χ1) is 9.65. The largest absolute Gasteiger partial charge is 0.363 e. The van der Waals surface area contributed by atoms with Crippen molar-refractivity contribution in [3.05, 3.63) is 0 Å². The van der Waals surface area contributed by atoms with Crippen LogP contribution < -0.4 is 10.6 Å². The summed E-state index contributed by atoms with van der Waals surface area (Å²) in [5.74, 6) is 3.07. The summed E-state index contributed by atoms with van der Waals surface area (Å²) in [4.78, 5) is 0. The predicted molar refractivity (Wildman–Crippen MR) is 88.7 cm³/mol. The molecule has 0 aliphatic heterocycles. The summed E-state index contributed by atoms with van der Waals surface area (Å²) in [6, 6.07) is 0.591. The Hall–Kier alpha value is -0.310. The molecule has 4 saturated carbocycles. The molecule has 1 atom stereocenters. The van der Waals surface area contributed by atoms with Gasteiger partial charge in [0.05, 0.1) is 0 Å². The van der Waals surface area contributed by atoms with E-state index in [0.29, 0.717) is 11.5 Å². The number of hydrogen-bond donors (Lipinski definition) is 2. The van der Waals surface area contributed by atoms with Gasteiger partial charge in [0.1, 0.15) is 0 Å². The molecule has 3 heteroatoms. The van der Waals surface area contributed by atoms with E-state index in [-0.39, 0.29) is 0 Å². The Morgan fingerprint density at radius 3 is 2.10 bits per heavy atom. The van der Waals surface area contributed by atoms with Crippen molar-refractivity contribution < 1.29 is 0 Å². The van der Waals surface area contributed by atoms with Gasteiger partial charge in [-0.25, -0.2) is 0 Å². The van der Waals surface area contributed by atoms with Gasteiger partial charge in [0.2, 0.25) is 0 Å². The molecular weight excluding hydrogens is 264 g/mol. The summed E-state index contributed by atoms with van der Waals surface area (Å²) in [6.45, 7) is 5.51. The molecule has 4 aliphatic rings. The van der Waals surface area contributed by atoms with E-state index >= 15 is 0 Å². The highest BCUT2D eigenvalue weighted by molar-refractivity contribution is 7.80. The fourth-order valence-electron chi connectivity index (χ4n) is 5.74. The van der Waals surface area contributed by atoms with Gasteiger partial charge in [0, 0.05) is 12.6 Å². The number of hydrogen-bond acceptors (Lipinski definition) is 1. The third-order valence-electron chi connectivity index (χ3n) is 6.07. The Balaban J connectivity index is 1.67. The molecule has 0 heterocycles. The van der Waals surface area contributed by atoms with E-state index in [1.807, 2.05) is 0 Å². The molecular formula is C17H30N2S. The standard InChI is InChI=1S/C17H30N2S/c1-3-5-18-16(20)19-15(4-2)17-9-12-6-13(10-17)8-14(7-12)11-17/h12-15H,3-11H2,1-2H3,(H2,18,19,20). The van der Waals surface area contributed by atoms with Gasteiger partial charge >= 0.3 is 0 Å². The smallest absolute Gasteiger partial charge is 0.166 e. The highest BCUT2D eigenvalue weighted by Gasteiger charge is 2.53. The molecule has 114 valence electrons. The molecule has 0 aromatic carbocycles. The SMILES string of the molecule is CCCNC(=S)NC(CC)C12CC3CC(CC(C3)C1)C2. The van der Waals surface area contributed by atoms with Crippen molar-refractivity contribution in [2.24, 2.45) is 23.2 Å². The molecule has 0 aromatic heterocycles. The van der Waals surface area contributed by atoms with E-state index in [4.69, 9.17) is 12.2 Å². The topological polar surface area (TPSA) is 24.1 Å². The predicted octanol–water partition coefficient (Wildman–Crippen LogP) is 3.86. The molecule has 4 rings (SSSR count). The minimum Gasteiger partial charge on any atom is -0.363 e. The van der Waals surface area contributed by atoms with Crippen LogP contribution in [0, 0.1) is 23.2 Å². The molecule has 0 aromatic rings. The van der Waals surface area contributed by atoms with Crippen LogP contribution in [0.5, 0.6) is 0 Å². The van der Waals surface area contributed by atoms with Crippen molar-refractivity contribution in [3.8, 4) is 0 Å². The third kappa shape index (κ3) is 2.70. The van der Waals surface area contributed by atoms with Crippen LogP contribution in [0.1, 0.15) is 65.2 Å². The van der Waals surface area contributed by atoms with Crippen molar-refractivity contribution in [1.82, 2.24) is 10.6 Å². The lowest BCUT2D eigenvalue weighted by Gasteiger charge is -2.59. The molecule has 2 N–H and O–H groups in total. The highest BCUT2D eigenvalue weighted by atomic mass is 32.1. The van der Waals surface area contributed by atoms with Crippen LogP contribution in [0.15, 0.2) is 0 Å². The zero-order chi connectivity index (χ0) is 14.2. The number of nitrogens with one attached hydrogen (secondary N) is 2. The first-order valence-electron chi connectivity index (χ1n) is 8.69. The van der Waals surface area contributed by atoms with Gasteiger partial charge in [-0.2, -0.15) is 0 Å². The molecule has 4 aliphatic carbocycles. The minimum absolute atomic E-state index is 0.557. The van der Waals surface area contributed by atoms with Crippen molar-refractivity contribution in [2.75, 3.05) is 6.54 Å². The highest BCUT2D eigenvalue weighted by Crippen LogP contribution is 2.61. The second kappa shape index (κ2) is 5.82. The molecule has 0 spiro atoms. The lowest BCUT2D eigenvalue weighted by atomic mass is 9.47. The van der Waals surface area contributed by atoms with E-state index in [0.717, 1.165) is 35.8 Å². The first-order valence-corrected chi connectivity index (χ1v) is 9.10. The lowest BCUT2D eigenvalue weighted by molar-refractivity contribution is -0.0711. The molecule has 1 unspecified atom stereocenters. The fourth-order valence-corrected chi connectivity index (χ4v) is 5.98. The zero-order valence-electron chi connectivity index (χ0n) is 13.1. The maximum absolute atomic E-state index is 5.49. The van der Waals surface area contributed by atoms with Crippen LogP contribution in [-0.4, -0.2) is 17.7 Å². The van der Waals surface area contributed by atoms with Gasteiger partial charge in [-0.3, -0.25) is 0 Å². The Morgan fingerprint density at radius 1 is 1.10 bits per heavy atom. The lowest BCUT2D eigenvalue weighted by Crippen LogP contribution is -2.58. The van der Waals surface area contributed by atoms with Crippen LogP contribution in [0.3, 0.4) is 0 Å². The fraction of sp³-hybridized carbons (Fsp3) is 0.941. The van der Waals surface area contributed by atoms with Crippen LogP contribution in [0.25, 0.3) is 0 Å². The summed E-state index contributed by atoms with van der Waals surface area (Å²) >= 11 is 5.49. The zero-order valence-corrected chi connectivity index (χ0v) is 13.9. The van der Waals surface area contributed by atoms with Gasteiger partial charge in [-0.15, -0.1) is 0 Å². The van der Waals surface area contributed by atoms with Crippen molar-refractivity contribution in [3.63, 3.8) is 0 Å². The molecule has 20 heavy (non-hydrogen) atoms. The van der Waals surface area contributed by atoms with Crippen LogP contribution in [0.2, 0.25) is 0 Å². The summed E-state index contributed by atoms with van der Waals surface area (Å²) in [5, 5.41) is 7.91. The molecule has 0 radical (unpaired) electrons. The second-order valence-corrected chi connectivity index (χ2v) is 8.05. The Morgan fingerprint density at radius 2 is 1.65 bits per heavy atom. The van der Waals surface area contributed by atoms with Crippen molar-refractivity contribution in [2.45, 2.75) is 71.3 Å². The molecule has 0 saturated heterocycles. The normalized spacial score (nSPS) is 39.6.